The fourth-order valence-electron chi connectivity index (χ4n) is 1.56. The first-order valence-corrected chi connectivity index (χ1v) is 5.91. The van der Waals surface area contributed by atoms with Crippen LogP contribution in [0, 0.1) is 12.7 Å². The van der Waals surface area contributed by atoms with Crippen LogP contribution in [0.5, 0.6) is 5.75 Å². The Bertz CT molecular complexity index is 643. The van der Waals surface area contributed by atoms with E-state index in [-0.39, 0.29) is 11.3 Å². The molecule has 19 heavy (non-hydrogen) atoms. The van der Waals surface area contributed by atoms with Crippen LogP contribution in [0.15, 0.2) is 36.4 Å². The Morgan fingerprint density at radius 2 is 2.00 bits per heavy atom. The molecule has 0 saturated carbocycles. The third-order valence-electron chi connectivity index (χ3n) is 2.63. The molecule has 2 aromatic rings. The van der Waals surface area contributed by atoms with E-state index in [1.165, 1.54) is 0 Å². The summed E-state index contributed by atoms with van der Waals surface area (Å²) in [7, 11) is 0. The molecule has 5 heteroatoms. The van der Waals surface area contributed by atoms with Gasteiger partial charge in [0.25, 0.3) is 5.91 Å². The van der Waals surface area contributed by atoms with Gasteiger partial charge in [-0.05, 0) is 42.8 Å². The highest BCUT2D eigenvalue weighted by molar-refractivity contribution is 6.31. The zero-order valence-corrected chi connectivity index (χ0v) is 10.8. The van der Waals surface area contributed by atoms with Crippen LogP contribution in [-0.2, 0) is 0 Å². The quantitative estimate of drug-likeness (QED) is 0.880. The van der Waals surface area contributed by atoms with E-state index >= 15 is 0 Å². The summed E-state index contributed by atoms with van der Waals surface area (Å²) >= 11 is 5.94. The highest BCUT2D eigenvalue weighted by atomic mass is 35.5. The Hall–Kier alpha value is -2.07. The van der Waals surface area contributed by atoms with E-state index in [0.717, 1.165) is 23.8 Å². The number of rotatable bonds is 2. The average Bonchev–Trinajstić information content (AvgIpc) is 2.36. The van der Waals surface area contributed by atoms with Gasteiger partial charge in [0.2, 0.25) is 0 Å². The van der Waals surface area contributed by atoms with Crippen molar-refractivity contribution >= 4 is 23.2 Å². The summed E-state index contributed by atoms with van der Waals surface area (Å²) in [6.07, 6.45) is 0. The van der Waals surface area contributed by atoms with Crippen LogP contribution >= 0.6 is 11.6 Å². The van der Waals surface area contributed by atoms with Gasteiger partial charge in [-0.15, -0.1) is 0 Å². The minimum atomic E-state index is -0.600. The van der Waals surface area contributed by atoms with Crippen molar-refractivity contribution in [3.8, 4) is 5.75 Å². The number of carbonyl (C=O) groups is 1. The number of benzene rings is 2. The molecule has 2 aromatic carbocycles. The van der Waals surface area contributed by atoms with E-state index in [1.54, 1.807) is 18.2 Å². The van der Waals surface area contributed by atoms with Crippen molar-refractivity contribution < 1.29 is 14.3 Å². The minimum absolute atomic E-state index is 0.128. The molecule has 0 aliphatic heterocycles. The summed E-state index contributed by atoms with van der Waals surface area (Å²) in [5.74, 6) is -1.47. The van der Waals surface area contributed by atoms with Gasteiger partial charge < -0.3 is 10.4 Å². The number of nitrogens with one attached hydrogen (secondary N) is 1. The second kappa shape index (κ2) is 5.28. The molecular weight excluding hydrogens is 269 g/mol. The van der Waals surface area contributed by atoms with Crippen LogP contribution in [0.1, 0.15) is 15.9 Å². The number of amides is 1. The fourth-order valence-corrected chi connectivity index (χ4v) is 1.74. The smallest absolute Gasteiger partial charge is 0.259 e. The van der Waals surface area contributed by atoms with Crippen LogP contribution < -0.4 is 5.32 Å². The Balaban J connectivity index is 2.25. The van der Waals surface area contributed by atoms with Crippen molar-refractivity contribution in [2.75, 3.05) is 5.32 Å². The van der Waals surface area contributed by atoms with Gasteiger partial charge in [-0.2, -0.15) is 0 Å². The maximum atomic E-state index is 13.1. The summed E-state index contributed by atoms with van der Waals surface area (Å²) < 4.78 is 13.1. The van der Waals surface area contributed by atoms with E-state index in [2.05, 4.69) is 5.32 Å². The molecule has 0 aliphatic carbocycles. The van der Waals surface area contributed by atoms with Crippen molar-refractivity contribution in [1.82, 2.24) is 0 Å². The lowest BCUT2D eigenvalue weighted by Gasteiger charge is -2.08. The van der Waals surface area contributed by atoms with Gasteiger partial charge in [0.05, 0.1) is 5.56 Å². The fraction of sp³-hybridized carbons (Fsp3) is 0.0714. The van der Waals surface area contributed by atoms with E-state index < -0.39 is 11.7 Å². The molecule has 0 saturated heterocycles. The second-order valence-corrected chi connectivity index (χ2v) is 4.49. The monoisotopic (exact) mass is 279 g/mol. The zero-order chi connectivity index (χ0) is 14.0. The molecule has 3 nitrogen and oxygen atoms in total. The summed E-state index contributed by atoms with van der Waals surface area (Å²) in [6, 6.07) is 8.20. The zero-order valence-electron chi connectivity index (χ0n) is 10.1. The highest BCUT2D eigenvalue weighted by Crippen LogP contribution is 2.22. The van der Waals surface area contributed by atoms with Gasteiger partial charge in [0.15, 0.2) is 0 Å². The van der Waals surface area contributed by atoms with Crippen LogP contribution in [0.2, 0.25) is 5.02 Å². The largest absolute Gasteiger partial charge is 0.507 e. The molecule has 0 unspecified atom stereocenters. The number of aryl methyl sites for hydroxylation is 1. The molecule has 2 rings (SSSR count). The summed E-state index contributed by atoms with van der Waals surface area (Å²) in [6.45, 7) is 1.84. The second-order valence-electron chi connectivity index (χ2n) is 4.08. The number of halogens is 2. The molecule has 0 atom stereocenters. The van der Waals surface area contributed by atoms with Gasteiger partial charge in [-0.1, -0.05) is 17.7 Å². The maximum Gasteiger partial charge on any atom is 0.259 e. The number of hydrogen-bond donors (Lipinski definition) is 2. The maximum absolute atomic E-state index is 13.1. The number of carbonyl (C=O) groups excluding carboxylic acids is 1. The number of phenolic OH excluding ortho intramolecular Hbond substituents is 1. The third-order valence-corrected chi connectivity index (χ3v) is 3.04. The normalized spacial score (nSPS) is 10.3. The molecule has 2 N–H and O–H groups in total. The molecular formula is C14H11ClFNO2. The number of hydrogen-bond acceptors (Lipinski definition) is 2. The predicted molar refractivity (Wildman–Crippen MR) is 72.2 cm³/mol. The molecule has 0 aliphatic rings. The molecule has 0 spiro atoms. The van der Waals surface area contributed by atoms with E-state index in [9.17, 15) is 14.3 Å². The van der Waals surface area contributed by atoms with Gasteiger partial charge in [-0.3, -0.25) is 4.79 Å². The minimum Gasteiger partial charge on any atom is -0.507 e. The third kappa shape index (κ3) is 3.03. The molecule has 0 heterocycles. The van der Waals surface area contributed by atoms with Gasteiger partial charge >= 0.3 is 0 Å². The SMILES string of the molecule is Cc1ccc(NC(=O)c2cc(F)ccc2O)cc1Cl. The van der Waals surface area contributed by atoms with Gasteiger partial charge in [0, 0.05) is 10.7 Å². The average molecular weight is 280 g/mol. The van der Waals surface area contributed by atoms with Crippen molar-refractivity contribution in [3.05, 3.63) is 58.4 Å². The highest BCUT2D eigenvalue weighted by Gasteiger charge is 2.12. The predicted octanol–water partition coefficient (Wildman–Crippen LogP) is 3.75. The lowest BCUT2D eigenvalue weighted by atomic mass is 10.1. The van der Waals surface area contributed by atoms with Crippen molar-refractivity contribution in [3.63, 3.8) is 0 Å². The van der Waals surface area contributed by atoms with Crippen LogP contribution in [0.25, 0.3) is 0 Å². The first-order chi connectivity index (χ1) is 8.97. The molecule has 1 amide bonds. The number of aromatic hydroxyl groups is 1. The van der Waals surface area contributed by atoms with Crippen LogP contribution in [0.3, 0.4) is 0 Å². The summed E-state index contributed by atoms with van der Waals surface area (Å²) in [4.78, 5) is 11.9. The van der Waals surface area contributed by atoms with Gasteiger partial charge in [0.1, 0.15) is 11.6 Å². The van der Waals surface area contributed by atoms with Crippen LogP contribution in [-0.4, -0.2) is 11.0 Å². The molecule has 0 fully saturated rings. The van der Waals surface area contributed by atoms with E-state index in [1.807, 2.05) is 6.92 Å². The van der Waals surface area contributed by atoms with Gasteiger partial charge in [-0.25, -0.2) is 4.39 Å². The first kappa shape index (κ1) is 13.4. The topological polar surface area (TPSA) is 49.3 Å². The Kier molecular flexibility index (Phi) is 3.71. The van der Waals surface area contributed by atoms with Crippen molar-refractivity contribution in [2.24, 2.45) is 0 Å². The Morgan fingerprint density at radius 1 is 1.26 bits per heavy atom. The van der Waals surface area contributed by atoms with Crippen molar-refractivity contribution in [2.45, 2.75) is 6.92 Å². The Morgan fingerprint density at radius 3 is 2.68 bits per heavy atom. The van der Waals surface area contributed by atoms with Crippen molar-refractivity contribution in [1.29, 1.82) is 0 Å². The lowest BCUT2D eigenvalue weighted by Crippen LogP contribution is -2.12. The molecule has 0 bridgehead atoms. The van der Waals surface area contributed by atoms with E-state index in [4.69, 9.17) is 11.6 Å². The molecule has 98 valence electrons. The van der Waals surface area contributed by atoms with E-state index in [0.29, 0.717) is 10.7 Å². The first-order valence-electron chi connectivity index (χ1n) is 5.53. The summed E-state index contributed by atoms with van der Waals surface area (Å²) in [5.41, 5.74) is 1.23. The number of anilines is 1. The number of phenols is 1. The standard InChI is InChI=1S/C14H11ClFNO2/c1-8-2-4-10(7-12(8)15)17-14(19)11-6-9(16)3-5-13(11)18/h2-7,18H,1H3,(H,17,19). The van der Waals surface area contributed by atoms with Crippen LogP contribution in [0.4, 0.5) is 10.1 Å². The molecule has 0 aromatic heterocycles. The molecule has 0 radical (unpaired) electrons. The Labute approximate surface area is 114 Å². The summed E-state index contributed by atoms with van der Waals surface area (Å²) in [5, 5.41) is 12.6. The lowest BCUT2D eigenvalue weighted by molar-refractivity contribution is 0.102.